The number of furan rings is 1. The largest absolute Gasteiger partial charge is 0.456 e. The van der Waals surface area contributed by atoms with E-state index in [0.717, 1.165) is 76.8 Å². The molecule has 0 aliphatic heterocycles. The molecule has 12 rings (SSSR count). The monoisotopic (exact) mass is 796 g/mol. The van der Waals surface area contributed by atoms with Crippen molar-refractivity contribution in [2.24, 2.45) is 5.92 Å². The maximum absolute atomic E-state index is 6.73. The molecule has 1 atom stereocenters. The molecule has 0 fully saturated rings. The fraction of sp³-hybridized carbons (Fsp3) is 0.0526. The highest BCUT2D eigenvalue weighted by molar-refractivity contribution is 6.11. The van der Waals surface area contributed by atoms with E-state index in [4.69, 9.17) is 14.4 Å². The molecule has 62 heavy (non-hydrogen) atoms. The number of fused-ring (bicyclic) bond motifs is 8. The lowest BCUT2D eigenvalue weighted by Gasteiger charge is -2.16. The van der Waals surface area contributed by atoms with Gasteiger partial charge in [-0.2, -0.15) is 0 Å². The van der Waals surface area contributed by atoms with Gasteiger partial charge >= 0.3 is 0 Å². The number of allylic oxidation sites excluding steroid dienone is 2. The van der Waals surface area contributed by atoms with Crippen LogP contribution >= 0.6 is 0 Å². The van der Waals surface area contributed by atoms with Crippen LogP contribution in [0.15, 0.2) is 186 Å². The first-order valence-electron chi connectivity index (χ1n) is 21.3. The zero-order chi connectivity index (χ0) is 41.3. The number of benzene rings is 7. The summed E-state index contributed by atoms with van der Waals surface area (Å²) in [6.45, 7) is 4.30. The molecule has 1 aliphatic carbocycles. The van der Waals surface area contributed by atoms with E-state index in [1.165, 1.54) is 32.6 Å². The molecule has 0 N–H and O–H groups in total. The van der Waals surface area contributed by atoms with E-state index >= 15 is 0 Å². The van der Waals surface area contributed by atoms with Crippen molar-refractivity contribution >= 4 is 78.4 Å². The smallest absolute Gasteiger partial charge is 0.235 e. The standard InChI is InChI=1S/C57H40N4O/c1-3-4-27-54-55(47-34-39(29-31-53(47)62-54)38-28-30-52-45(33-38)43-23-13-14-24-49(43)60(52)40-19-9-6-10-20-40)44-35-48-46(32-36(44)2)56(37-17-7-5-8-18-37)59-57(58-48)61-50-25-15-11-21-41(50)42-22-12-16-26-51(42)61/h3-36H,1-2H3/b4-3-,54-27+,55-44-. The van der Waals surface area contributed by atoms with E-state index in [1.54, 1.807) is 0 Å². The second kappa shape index (κ2) is 14.3. The fourth-order valence-electron chi connectivity index (χ4n) is 9.62. The number of aromatic nitrogens is 4. The second-order valence-corrected chi connectivity index (χ2v) is 16.1. The highest BCUT2D eigenvalue weighted by atomic mass is 16.3. The van der Waals surface area contributed by atoms with E-state index in [2.05, 4.69) is 210 Å². The molecule has 0 radical (unpaired) electrons. The Bertz CT molecular complexity index is 3830. The van der Waals surface area contributed by atoms with Gasteiger partial charge in [0.15, 0.2) is 0 Å². The average Bonchev–Trinajstić information content (AvgIpc) is 3.98. The Kier molecular flexibility index (Phi) is 8.29. The van der Waals surface area contributed by atoms with Crippen molar-refractivity contribution in [1.82, 2.24) is 19.1 Å². The Morgan fingerprint density at radius 2 is 1.13 bits per heavy atom. The lowest BCUT2D eigenvalue weighted by atomic mass is 9.91. The van der Waals surface area contributed by atoms with Gasteiger partial charge in [-0.05, 0) is 90.4 Å². The minimum atomic E-state index is 0.0373. The van der Waals surface area contributed by atoms with Gasteiger partial charge in [-0.1, -0.05) is 140 Å². The van der Waals surface area contributed by atoms with Gasteiger partial charge in [-0.25, -0.2) is 9.97 Å². The van der Waals surface area contributed by atoms with Gasteiger partial charge in [-0.3, -0.25) is 4.57 Å². The predicted molar refractivity (Wildman–Crippen MR) is 257 cm³/mol. The van der Waals surface area contributed by atoms with Gasteiger partial charge in [0.2, 0.25) is 5.95 Å². The summed E-state index contributed by atoms with van der Waals surface area (Å²) in [5.74, 6) is 0.679. The third kappa shape index (κ3) is 5.62. The summed E-state index contributed by atoms with van der Waals surface area (Å²) in [7, 11) is 0. The van der Waals surface area contributed by atoms with Crippen LogP contribution in [0.3, 0.4) is 0 Å². The molecule has 1 unspecified atom stereocenters. The van der Waals surface area contributed by atoms with E-state index < -0.39 is 0 Å². The molecule has 0 amide bonds. The Labute approximate surface area is 357 Å². The predicted octanol–water partition coefficient (Wildman–Crippen LogP) is 11.2. The molecule has 11 aromatic rings. The Hall–Kier alpha value is -8.02. The summed E-state index contributed by atoms with van der Waals surface area (Å²) in [5.41, 5.74) is 12.7. The average molecular weight is 797 g/mol. The molecule has 0 spiro atoms. The van der Waals surface area contributed by atoms with Gasteiger partial charge < -0.3 is 8.98 Å². The molecule has 1 aliphatic rings. The fourth-order valence-corrected chi connectivity index (χ4v) is 9.62. The van der Waals surface area contributed by atoms with Crippen LogP contribution in [0.2, 0.25) is 0 Å². The number of nitrogens with zero attached hydrogens (tertiary/aromatic N) is 4. The van der Waals surface area contributed by atoms with E-state index in [9.17, 15) is 0 Å². The maximum Gasteiger partial charge on any atom is 0.235 e. The molecule has 0 saturated carbocycles. The molecule has 0 bridgehead atoms. The lowest BCUT2D eigenvalue weighted by molar-refractivity contribution is 0.575. The van der Waals surface area contributed by atoms with Gasteiger partial charge in [0, 0.05) is 54.5 Å². The molecule has 5 nitrogen and oxygen atoms in total. The maximum atomic E-state index is 6.73. The van der Waals surface area contributed by atoms with Crippen molar-refractivity contribution in [3.63, 3.8) is 0 Å². The van der Waals surface area contributed by atoms with Crippen LogP contribution in [0.5, 0.6) is 0 Å². The van der Waals surface area contributed by atoms with Crippen molar-refractivity contribution in [1.29, 1.82) is 0 Å². The van der Waals surface area contributed by atoms with E-state index in [1.807, 2.05) is 13.0 Å². The normalized spacial score (nSPS) is 15.3. The molecule has 4 heterocycles. The first-order valence-corrected chi connectivity index (χ1v) is 21.3. The third-order valence-electron chi connectivity index (χ3n) is 12.5. The second-order valence-electron chi connectivity index (χ2n) is 16.1. The number of rotatable bonds is 5. The van der Waals surface area contributed by atoms with Crippen LogP contribution in [0.1, 0.15) is 13.8 Å². The molecule has 294 valence electrons. The van der Waals surface area contributed by atoms with Crippen molar-refractivity contribution in [3.05, 3.63) is 203 Å². The summed E-state index contributed by atoms with van der Waals surface area (Å²) < 4.78 is 11.3. The summed E-state index contributed by atoms with van der Waals surface area (Å²) in [5, 5.41) is 8.86. The minimum Gasteiger partial charge on any atom is -0.456 e. The zero-order valence-corrected chi connectivity index (χ0v) is 34.3. The van der Waals surface area contributed by atoms with Crippen LogP contribution < -0.4 is 21.2 Å². The van der Waals surface area contributed by atoms with Crippen molar-refractivity contribution < 1.29 is 4.42 Å². The molecule has 4 aromatic heterocycles. The van der Waals surface area contributed by atoms with E-state index in [-0.39, 0.29) is 5.92 Å². The quantitative estimate of drug-likeness (QED) is 0.174. The Morgan fingerprint density at radius 1 is 0.548 bits per heavy atom. The van der Waals surface area contributed by atoms with Crippen LogP contribution in [0.25, 0.3) is 112 Å². The van der Waals surface area contributed by atoms with Crippen LogP contribution in [0, 0.1) is 5.92 Å². The summed E-state index contributed by atoms with van der Waals surface area (Å²) >= 11 is 0. The first kappa shape index (κ1) is 35.9. The molecule has 7 aromatic carbocycles. The van der Waals surface area contributed by atoms with Crippen molar-refractivity contribution in [3.8, 4) is 34.0 Å². The van der Waals surface area contributed by atoms with Gasteiger partial charge in [-0.15, -0.1) is 0 Å². The number of hydrogen-bond donors (Lipinski definition) is 0. The summed E-state index contributed by atoms with van der Waals surface area (Å²) in [6, 6.07) is 60.3. The first-order chi connectivity index (χ1) is 30.6. The summed E-state index contributed by atoms with van der Waals surface area (Å²) in [6.07, 6.45) is 10.8. The van der Waals surface area contributed by atoms with Gasteiger partial charge in [0.05, 0.1) is 33.1 Å². The van der Waals surface area contributed by atoms with Crippen LogP contribution in [0.4, 0.5) is 0 Å². The highest BCUT2D eigenvalue weighted by Crippen LogP contribution is 2.36. The lowest BCUT2D eigenvalue weighted by Crippen LogP contribution is -2.38. The molecular weight excluding hydrogens is 757 g/mol. The van der Waals surface area contributed by atoms with Gasteiger partial charge in [0.1, 0.15) is 11.0 Å². The van der Waals surface area contributed by atoms with E-state index in [0.29, 0.717) is 5.95 Å². The van der Waals surface area contributed by atoms with Gasteiger partial charge in [0.25, 0.3) is 0 Å². The minimum absolute atomic E-state index is 0.0373. The molecular formula is C57H40N4O. The SMILES string of the molecule is C\C=C/C=c1/oc2ccc(-c3ccc4c(c3)c3ccccc3n4-c3ccccc3)cc2/c1=C1\C=c2nc(-n3c4ccccc4c4ccccc43)nc(-c3ccccc3)c2=CC1C. The van der Waals surface area contributed by atoms with Crippen LogP contribution in [-0.4, -0.2) is 19.1 Å². The third-order valence-corrected chi connectivity index (χ3v) is 12.5. The molecule has 0 saturated heterocycles. The summed E-state index contributed by atoms with van der Waals surface area (Å²) in [4.78, 5) is 10.8. The van der Waals surface area contributed by atoms with Crippen molar-refractivity contribution in [2.45, 2.75) is 13.8 Å². The number of para-hydroxylation sites is 4. The number of hydrogen-bond acceptors (Lipinski definition) is 3. The van der Waals surface area contributed by atoms with Crippen LogP contribution in [-0.2, 0) is 0 Å². The topological polar surface area (TPSA) is 48.8 Å². The van der Waals surface area contributed by atoms with Crippen molar-refractivity contribution in [2.75, 3.05) is 0 Å². The Morgan fingerprint density at radius 3 is 1.82 bits per heavy atom. The Balaban J connectivity index is 1.11. The zero-order valence-electron chi connectivity index (χ0n) is 34.3. The molecule has 5 heteroatoms. The highest BCUT2D eigenvalue weighted by Gasteiger charge is 2.21.